The molecule has 8 aromatic heterocycles. The van der Waals surface area contributed by atoms with Crippen LogP contribution in [0.1, 0.15) is 134 Å². The smallest absolute Gasteiger partial charge is 0.0163 e. The van der Waals surface area contributed by atoms with Gasteiger partial charge in [-0.2, -0.15) is 0 Å². The molecule has 0 aliphatic heterocycles. The molecule has 0 bridgehead atoms. The van der Waals surface area contributed by atoms with Gasteiger partial charge in [-0.05, 0) is 165 Å². The minimum atomic E-state index is -0.0914. The average molecular weight is 2610 g/mol. The normalized spacial score (nSPS) is 10.5. The first-order valence-electron chi connectivity index (χ1n) is 48.2. The third kappa shape index (κ3) is 35.9. The zero-order valence-corrected chi connectivity index (χ0v) is 92.8. The van der Waals surface area contributed by atoms with E-state index in [2.05, 4.69) is 332 Å². The van der Waals surface area contributed by atoms with Crippen molar-refractivity contribution in [1.82, 2.24) is 39.9 Å². The predicted octanol–water partition coefficient (Wildman–Crippen LogP) is 32.3. The first-order chi connectivity index (χ1) is 69.6. The molecule has 8 nitrogen and oxygen atoms in total. The molecule has 4 radical (unpaired) electrons. The van der Waals surface area contributed by atoms with Crippen molar-refractivity contribution in [3.8, 4) is 90.1 Å². The van der Waals surface area contributed by atoms with Gasteiger partial charge >= 0.3 is 0 Å². The van der Waals surface area contributed by atoms with Gasteiger partial charge in [0.15, 0.2) is 0 Å². The summed E-state index contributed by atoms with van der Waals surface area (Å²) in [6, 6.07) is 177. The summed E-state index contributed by atoms with van der Waals surface area (Å²) >= 11 is 0. The van der Waals surface area contributed by atoms with Crippen LogP contribution >= 0.6 is 0 Å². The standard InChI is InChI=1S/C20H18N.C19H16N.3C18H14N.C16H18N.C14H14N.C11H8N.4Ir/c1-20(2,16-10-4-3-5-11-16)18-13-7-6-12-17(18)19-14-8-9-15-21-19;1-15(16-9-3-2-4-10-16)17-11-5-6-12-18(17)19-13-7-8-14-20-19;1-3-7-15(8-4-1)13-16-11-12-19-18(14-16)17-9-5-2-6-10-17;2*1-2-8-15(9-3-1)14-16-10-4-5-11-17(16)18-12-6-7-13-19-18;1-16(2,3)12-13-9-10-17-15(11-13)14-7-5-4-6-8-14;1-11(2)13-8-9-15-14(10-13)12-6-4-3-5-7-12;1-2-6-10(7-3-1)11-8-4-5-9-12-11;;;;/h3-11,13-15H,1-2H3;2-11,13-15H,1H3;1-9,11-12,14H,13H2;2*1-10,12-13H,14H2;4-7,9-11H,12H2,1-3H3;3-6,8-11H,1-2H3;1-6,8-9H;;;;/q8*-1;;;;. The van der Waals surface area contributed by atoms with E-state index in [4.69, 9.17) is 0 Å². The van der Waals surface area contributed by atoms with Crippen molar-refractivity contribution in [3.05, 3.63) is 614 Å². The second-order valence-electron chi connectivity index (χ2n) is 35.9. The summed E-state index contributed by atoms with van der Waals surface area (Å²) in [6.07, 6.45) is 18.5. The van der Waals surface area contributed by atoms with Gasteiger partial charge in [0.25, 0.3) is 0 Å². The molecule has 0 saturated carbocycles. The van der Waals surface area contributed by atoms with Gasteiger partial charge in [-0.1, -0.05) is 308 Å². The van der Waals surface area contributed by atoms with Crippen LogP contribution in [0.3, 0.4) is 0 Å². The van der Waals surface area contributed by atoms with Crippen molar-refractivity contribution in [3.63, 3.8) is 0 Å². The quantitative estimate of drug-likeness (QED) is 0.0695. The molecule has 0 amide bonds. The zero-order chi connectivity index (χ0) is 98.4. The molecule has 1 unspecified atom stereocenters. The van der Waals surface area contributed by atoms with Crippen molar-refractivity contribution in [2.45, 2.75) is 98.3 Å². The Labute approximate surface area is 919 Å². The second kappa shape index (κ2) is 61.1. The summed E-state index contributed by atoms with van der Waals surface area (Å²) in [7, 11) is 0. The van der Waals surface area contributed by atoms with Crippen LogP contribution in [-0.2, 0) is 112 Å². The molecule has 13 aromatic carbocycles. The molecule has 12 heteroatoms. The molecule has 0 spiro atoms. The molecule has 21 rings (SSSR count). The summed E-state index contributed by atoms with van der Waals surface area (Å²) < 4.78 is 0. The van der Waals surface area contributed by atoms with Crippen LogP contribution in [0.25, 0.3) is 90.1 Å². The SMILES string of the molecule is CC(C)(C)Cc1ccnc(-c2[c-]cccc2)c1.CC(C)(c1ccccc1)c1ccc[c-]c1-c1ccccn1.CC(C)c1ccnc(-c2[c-]cccc2)c1.CC(c1ccccc1)c1ccc[c-]c1-c1ccccn1.[Ir].[Ir].[Ir].[Ir].[c-]1cccc(Cc2ccccc2)c1-c1ccccn1.[c-]1cccc(Cc2ccccc2)c1-c1ccccn1.[c-]1ccccc1-c1cc(Cc2ccccc2)ccn1.[c-]1ccccc1-c1ccccn1. The number of hydrogen-bond donors (Lipinski definition) is 0. The molecule has 8 heterocycles. The fourth-order valence-corrected chi connectivity index (χ4v) is 16.1. The van der Waals surface area contributed by atoms with Gasteiger partial charge < -0.3 is 39.9 Å². The van der Waals surface area contributed by atoms with Crippen LogP contribution in [0.15, 0.2) is 498 Å². The summed E-state index contributed by atoms with van der Waals surface area (Å²) in [6.45, 7) is 17.9. The van der Waals surface area contributed by atoms with Gasteiger partial charge in [-0.25, -0.2) is 0 Å². The largest absolute Gasteiger partial charge is 0.305 e. The molecule has 0 N–H and O–H groups in total. The molecular weight excluding hydrogens is 2490 g/mol. The average Bonchev–Trinajstić information content (AvgIpc) is 0.781. The third-order valence-corrected chi connectivity index (χ3v) is 23.4. The molecule has 1 atom stereocenters. The van der Waals surface area contributed by atoms with Crippen molar-refractivity contribution < 1.29 is 80.4 Å². The number of aromatic nitrogens is 8. The Morgan fingerprint density at radius 1 is 0.226 bits per heavy atom. The number of rotatable bonds is 20. The number of nitrogens with zero attached hydrogens (tertiary/aromatic N) is 8. The van der Waals surface area contributed by atoms with Crippen LogP contribution in [0.4, 0.5) is 0 Å². The summed E-state index contributed by atoms with van der Waals surface area (Å²) in [4.78, 5) is 35.2. The molecular formula is C134H116Ir4N8-8. The van der Waals surface area contributed by atoms with E-state index >= 15 is 0 Å². The van der Waals surface area contributed by atoms with Gasteiger partial charge in [0.2, 0.25) is 0 Å². The van der Waals surface area contributed by atoms with Crippen molar-refractivity contribution in [1.29, 1.82) is 0 Å². The third-order valence-electron chi connectivity index (χ3n) is 23.4. The van der Waals surface area contributed by atoms with Gasteiger partial charge in [0.1, 0.15) is 0 Å². The van der Waals surface area contributed by atoms with Gasteiger partial charge in [-0.3, -0.25) is 0 Å². The van der Waals surface area contributed by atoms with E-state index in [0.717, 1.165) is 116 Å². The Hall–Kier alpha value is -14.3. The maximum atomic E-state index is 4.49. The van der Waals surface area contributed by atoms with Gasteiger partial charge in [0, 0.05) is 130 Å². The molecule has 0 fully saturated rings. The number of benzene rings is 13. The summed E-state index contributed by atoms with van der Waals surface area (Å²) in [5.41, 5.74) is 32.1. The van der Waals surface area contributed by atoms with E-state index in [9.17, 15) is 0 Å². The molecule has 736 valence electrons. The van der Waals surface area contributed by atoms with Gasteiger partial charge in [0.05, 0.1) is 0 Å². The molecule has 0 aliphatic carbocycles. The Bertz CT molecular complexity index is 7050. The topological polar surface area (TPSA) is 103 Å². The second-order valence-corrected chi connectivity index (χ2v) is 35.9. The first-order valence-corrected chi connectivity index (χ1v) is 48.2. The number of pyridine rings is 8. The Balaban J connectivity index is 0.000000171. The Kier molecular flexibility index (Phi) is 47.5. The van der Waals surface area contributed by atoms with E-state index in [1.807, 2.05) is 304 Å². The maximum absolute atomic E-state index is 4.49. The van der Waals surface area contributed by atoms with Crippen molar-refractivity contribution in [2.75, 3.05) is 0 Å². The Morgan fingerprint density at radius 2 is 0.541 bits per heavy atom. The maximum Gasteiger partial charge on any atom is 0.0163 e. The summed E-state index contributed by atoms with van der Waals surface area (Å²) in [5, 5.41) is 0. The fraction of sp³-hybridized carbons (Fsp3) is 0.119. The molecule has 0 aliphatic rings. The first kappa shape index (κ1) is 114. The van der Waals surface area contributed by atoms with E-state index in [1.54, 1.807) is 6.20 Å². The van der Waals surface area contributed by atoms with E-state index < -0.39 is 0 Å². The zero-order valence-electron chi connectivity index (χ0n) is 83.2. The van der Waals surface area contributed by atoms with Crippen molar-refractivity contribution >= 4 is 0 Å². The van der Waals surface area contributed by atoms with Crippen LogP contribution < -0.4 is 0 Å². The van der Waals surface area contributed by atoms with E-state index in [1.165, 1.54) is 66.8 Å². The summed E-state index contributed by atoms with van der Waals surface area (Å²) in [5.74, 6) is 0.862. The molecule has 0 saturated heterocycles. The van der Waals surface area contributed by atoms with Crippen LogP contribution in [-0.4, -0.2) is 39.9 Å². The monoisotopic (exact) mass is 2610 g/mol. The Morgan fingerprint density at radius 3 is 0.945 bits per heavy atom. The molecule has 146 heavy (non-hydrogen) atoms. The van der Waals surface area contributed by atoms with Crippen molar-refractivity contribution in [2.24, 2.45) is 5.41 Å². The van der Waals surface area contributed by atoms with Gasteiger partial charge in [-0.15, -0.1) is 285 Å². The fourth-order valence-electron chi connectivity index (χ4n) is 16.1. The minimum absolute atomic E-state index is 0. The van der Waals surface area contributed by atoms with E-state index in [-0.39, 0.29) is 85.8 Å². The molecule has 21 aromatic rings. The van der Waals surface area contributed by atoms with Crippen LogP contribution in [0.5, 0.6) is 0 Å². The minimum Gasteiger partial charge on any atom is -0.305 e. The van der Waals surface area contributed by atoms with Crippen LogP contribution in [0.2, 0.25) is 0 Å². The van der Waals surface area contributed by atoms with Crippen LogP contribution in [0, 0.1) is 53.9 Å². The van der Waals surface area contributed by atoms with E-state index in [0.29, 0.717) is 17.3 Å². The number of hydrogen-bond acceptors (Lipinski definition) is 8. The predicted molar refractivity (Wildman–Crippen MR) is 586 cm³/mol.